The molecule has 3 rings (SSSR count). The quantitative estimate of drug-likeness (QED) is 0.662. The molecule has 0 bridgehead atoms. The molecule has 0 radical (unpaired) electrons. The Kier molecular flexibility index (Phi) is 3.44. The number of hydrogen-bond donors (Lipinski definition) is 0. The minimum absolute atomic E-state index is 0.472. The molecule has 0 aliphatic rings. The van der Waals surface area contributed by atoms with Gasteiger partial charge in [0.2, 0.25) is 0 Å². The van der Waals surface area contributed by atoms with E-state index in [9.17, 15) is 0 Å². The smallest absolute Gasteiger partial charge is 0.154 e. The van der Waals surface area contributed by atoms with E-state index in [1.807, 2.05) is 55.5 Å². The van der Waals surface area contributed by atoms with E-state index in [2.05, 4.69) is 15.0 Å². The van der Waals surface area contributed by atoms with Crippen LogP contribution in [0.4, 0.5) is 0 Å². The maximum atomic E-state index is 6.22. The molecule has 0 aliphatic carbocycles. The third kappa shape index (κ3) is 2.68. The van der Waals surface area contributed by atoms with Crippen LogP contribution in [0, 0.1) is 6.92 Å². The van der Waals surface area contributed by atoms with Crippen LogP contribution < -0.4 is 0 Å². The van der Waals surface area contributed by atoms with Gasteiger partial charge in [0.15, 0.2) is 5.82 Å². The van der Waals surface area contributed by atoms with E-state index in [1.54, 1.807) is 6.20 Å². The fraction of sp³-hybridized carbons (Fsp3) is 0.0625. The lowest BCUT2D eigenvalue weighted by Crippen LogP contribution is -1.91. The zero-order valence-electron chi connectivity index (χ0n) is 10.9. The molecule has 0 saturated carbocycles. The highest BCUT2D eigenvalue weighted by molar-refractivity contribution is 6.34. The second kappa shape index (κ2) is 5.39. The number of nitrogens with zero attached hydrogens (tertiary/aromatic N) is 3. The van der Waals surface area contributed by atoms with Crippen molar-refractivity contribution in [2.24, 2.45) is 0 Å². The molecule has 0 N–H and O–H groups in total. The number of hydrogen-bond acceptors (Lipinski definition) is 3. The lowest BCUT2D eigenvalue weighted by molar-refractivity contribution is 1.18. The number of pyridine rings is 1. The molecular weight excluding hydrogens is 270 g/mol. The van der Waals surface area contributed by atoms with Crippen LogP contribution in [0.5, 0.6) is 0 Å². The standard InChI is InChI=1S/C16H12ClN3/c1-11-5-7-14-13(10-11)16(17)20-15(19-14)8-6-12-4-2-3-9-18-12/h2-10H,1H3. The van der Waals surface area contributed by atoms with E-state index in [4.69, 9.17) is 11.6 Å². The summed E-state index contributed by atoms with van der Waals surface area (Å²) in [5.41, 5.74) is 2.84. The van der Waals surface area contributed by atoms with Crippen LogP contribution in [0.2, 0.25) is 5.15 Å². The molecule has 3 nitrogen and oxygen atoms in total. The molecule has 2 heterocycles. The van der Waals surface area contributed by atoms with Gasteiger partial charge in [0.25, 0.3) is 0 Å². The fourth-order valence-corrected chi connectivity index (χ4v) is 2.17. The molecule has 98 valence electrons. The Balaban J connectivity index is 2.01. The highest BCUT2D eigenvalue weighted by Crippen LogP contribution is 2.22. The molecule has 3 aromatic rings. The number of benzene rings is 1. The second-order valence-corrected chi connectivity index (χ2v) is 4.84. The number of halogens is 1. The van der Waals surface area contributed by atoms with Crippen molar-refractivity contribution in [3.63, 3.8) is 0 Å². The highest BCUT2D eigenvalue weighted by atomic mass is 35.5. The third-order valence-corrected chi connectivity index (χ3v) is 3.20. The van der Waals surface area contributed by atoms with E-state index >= 15 is 0 Å². The van der Waals surface area contributed by atoms with Crippen molar-refractivity contribution in [2.75, 3.05) is 0 Å². The summed E-state index contributed by atoms with van der Waals surface area (Å²) < 4.78 is 0. The Labute approximate surface area is 122 Å². The Bertz CT molecular complexity index is 782. The second-order valence-electron chi connectivity index (χ2n) is 4.48. The molecule has 0 spiro atoms. The Morgan fingerprint density at radius 3 is 2.75 bits per heavy atom. The van der Waals surface area contributed by atoms with Crippen molar-refractivity contribution in [2.45, 2.75) is 6.92 Å². The topological polar surface area (TPSA) is 38.7 Å². The van der Waals surface area contributed by atoms with Crippen molar-refractivity contribution >= 4 is 34.7 Å². The third-order valence-electron chi connectivity index (χ3n) is 2.91. The minimum atomic E-state index is 0.472. The van der Waals surface area contributed by atoms with Gasteiger partial charge < -0.3 is 0 Å². The summed E-state index contributed by atoms with van der Waals surface area (Å²) in [6, 6.07) is 11.7. The van der Waals surface area contributed by atoms with Crippen LogP contribution in [0.1, 0.15) is 17.1 Å². The summed E-state index contributed by atoms with van der Waals surface area (Å²) in [6.45, 7) is 2.02. The van der Waals surface area contributed by atoms with Gasteiger partial charge in [0.1, 0.15) is 5.15 Å². The molecule has 0 atom stereocenters. The van der Waals surface area contributed by atoms with Gasteiger partial charge in [-0.3, -0.25) is 4.98 Å². The number of aromatic nitrogens is 3. The monoisotopic (exact) mass is 281 g/mol. The van der Waals surface area contributed by atoms with Gasteiger partial charge in [-0.05, 0) is 43.3 Å². The molecular formula is C16H12ClN3. The number of rotatable bonds is 2. The average molecular weight is 282 g/mol. The highest BCUT2D eigenvalue weighted by Gasteiger charge is 2.04. The summed E-state index contributed by atoms with van der Waals surface area (Å²) >= 11 is 6.22. The van der Waals surface area contributed by atoms with E-state index < -0.39 is 0 Å². The fourth-order valence-electron chi connectivity index (χ4n) is 1.93. The van der Waals surface area contributed by atoms with Gasteiger partial charge in [0, 0.05) is 11.6 Å². The predicted molar refractivity (Wildman–Crippen MR) is 82.5 cm³/mol. The molecule has 0 unspecified atom stereocenters. The molecule has 0 amide bonds. The van der Waals surface area contributed by atoms with Crippen molar-refractivity contribution in [3.8, 4) is 0 Å². The Hall–Kier alpha value is -2.26. The maximum absolute atomic E-state index is 6.22. The van der Waals surface area contributed by atoms with E-state index in [1.165, 1.54) is 0 Å². The van der Waals surface area contributed by atoms with E-state index in [0.29, 0.717) is 11.0 Å². The summed E-state index contributed by atoms with van der Waals surface area (Å²) in [4.78, 5) is 13.0. The zero-order chi connectivity index (χ0) is 13.9. The van der Waals surface area contributed by atoms with Crippen LogP contribution >= 0.6 is 11.6 Å². The van der Waals surface area contributed by atoms with Gasteiger partial charge in [-0.1, -0.05) is 29.3 Å². The van der Waals surface area contributed by atoms with Crippen molar-refractivity contribution < 1.29 is 0 Å². The van der Waals surface area contributed by atoms with Gasteiger partial charge in [-0.25, -0.2) is 9.97 Å². The predicted octanol–water partition coefficient (Wildman–Crippen LogP) is 4.16. The van der Waals surface area contributed by atoms with Crippen LogP contribution in [-0.2, 0) is 0 Å². The van der Waals surface area contributed by atoms with Crippen molar-refractivity contribution in [1.82, 2.24) is 15.0 Å². The SMILES string of the molecule is Cc1ccc2nc(C=Cc3ccccn3)nc(Cl)c2c1. The van der Waals surface area contributed by atoms with Crippen LogP contribution in [0.25, 0.3) is 23.1 Å². The largest absolute Gasteiger partial charge is 0.257 e. The van der Waals surface area contributed by atoms with Gasteiger partial charge >= 0.3 is 0 Å². The Morgan fingerprint density at radius 1 is 1.05 bits per heavy atom. The first kappa shape index (κ1) is 12.8. The van der Waals surface area contributed by atoms with Crippen molar-refractivity contribution in [3.05, 3.63) is 64.8 Å². The normalized spacial score (nSPS) is 11.3. The molecule has 0 aliphatic heterocycles. The minimum Gasteiger partial charge on any atom is -0.257 e. The summed E-state index contributed by atoms with van der Waals surface area (Å²) in [5, 5.41) is 1.35. The maximum Gasteiger partial charge on any atom is 0.154 e. The van der Waals surface area contributed by atoms with Crippen LogP contribution in [0.15, 0.2) is 42.6 Å². The summed E-state index contributed by atoms with van der Waals surface area (Å²) in [7, 11) is 0. The number of aryl methyl sites for hydroxylation is 1. The van der Waals surface area contributed by atoms with Gasteiger partial charge in [-0.15, -0.1) is 0 Å². The number of fused-ring (bicyclic) bond motifs is 1. The first-order valence-corrected chi connectivity index (χ1v) is 6.63. The molecule has 2 aromatic heterocycles. The Morgan fingerprint density at radius 2 is 1.95 bits per heavy atom. The zero-order valence-corrected chi connectivity index (χ0v) is 11.7. The summed E-state index contributed by atoms with van der Waals surface area (Å²) in [6.07, 6.45) is 5.43. The molecule has 0 fully saturated rings. The lowest BCUT2D eigenvalue weighted by atomic mass is 10.2. The molecule has 4 heteroatoms. The average Bonchev–Trinajstić information content (AvgIpc) is 2.47. The first-order valence-electron chi connectivity index (χ1n) is 6.25. The van der Waals surface area contributed by atoms with Gasteiger partial charge in [0.05, 0.1) is 11.2 Å². The molecule has 1 aromatic carbocycles. The lowest BCUT2D eigenvalue weighted by Gasteiger charge is -2.02. The van der Waals surface area contributed by atoms with E-state index in [-0.39, 0.29) is 0 Å². The molecule has 0 saturated heterocycles. The summed E-state index contributed by atoms with van der Waals surface area (Å²) in [5.74, 6) is 0.581. The van der Waals surface area contributed by atoms with Crippen LogP contribution in [-0.4, -0.2) is 15.0 Å². The van der Waals surface area contributed by atoms with Crippen molar-refractivity contribution in [1.29, 1.82) is 0 Å². The van der Waals surface area contributed by atoms with E-state index in [0.717, 1.165) is 22.2 Å². The first-order chi connectivity index (χ1) is 9.72. The van der Waals surface area contributed by atoms with Crippen LogP contribution in [0.3, 0.4) is 0 Å². The van der Waals surface area contributed by atoms with Gasteiger partial charge in [-0.2, -0.15) is 0 Å². The molecule has 20 heavy (non-hydrogen) atoms.